The quantitative estimate of drug-likeness (QED) is 0.726. The Morgan fingerprint density at radius 1 is 1.53 bits per heavy atom. The molecule has 5 heteroatoms. The molecule has 0 bridgehead atoms. The molecule has 0 aliphatic heterocycles. The maximum atomic E-state index is 13.5. The monoisotopic (exact) mass is 242 g/mol. The molecule has 1 atom stereocenters. The molecule has 96 valence electrons. The molecule has 1 aromatic rings. The van der Waals surface area contributed by atoms with E-state index < -0.39 is 6.10 Å². The van der Waals surface area contributed by atoms with Crippen molar-refractivity contribution in [2.45, 2.75) is 12.6 Å². The van der Waals surface area contributed by atoms with Gasteiger partial charge in [0.25, 0.3) is 0 Å². The summed E-state index contributed by atoms with van der Waals surface area (Å²) in [5.41, 5.74) is 6.59. The number of hydrogen-bond donors (Lipinski definition) is 2. The van der Waals surface area contributed by atoms with E-state index in [0.717, 1.165) is 0 Å². The summed E-state index contributed by atoms with van der Waals surface area (Å²) in [6.45, 7) is 1.03. The smallest absolute Gasteiger partial charge is 0.129 e. The van der Waals surface area contributed by atoms with Crippen molar-refractivity contribution in [1.29, 1.82) is 0 Å². The second-order valence-electron chi connectivity index (χ2n) is 4.11. The van der Waals surface area contributed by atoms with E-state index in [1.54, 1.807) is 24.1 Å². The highest BCUT2D eigenvalue weighted by Gasteiger charge is 2.12. The van der Waals surface area contributed by atoms with E-state index in [4.69, 9.17) is 10.5 Å². The minimum absolute atomic E-state index is 0.261. The Morgan fingerprint density at radius 2 is 2.24 bits per heavy atom. The number of nitrogens with zero attached hydrogens (tertiary/aromatic N) is 1. The topological polar surface area (TPSA) is 58.7 Å². The van der Waals surface area contributed by atoms with Crippen LogP contribution >= 0.6 is 0 Å². The van der Waals surface area contributed by atoms with Crippen LogP contribution in [0.5, 0.6) is 0 Å². The molecule has 0 aliphatic rings. The van der Waals surface area contributed by atoms with Crippen molar-refractivity contribution >= 4 is 5.69 Å². The van der Waals surface area contributed by atoms with E-state index >= 15 is 0 Å². The highest BCUT2D eigenvalue weighted by molar-refractivity contribution is 5.47. The molecule has 0 aromatic heterocycles. The van der Waals surface area contributed by atoms with Crippen molar-refractivity contribution in [3.8, 4) is 0 Å². The van der Waals surface area contributed by atoms with Crippen LogP contribution in [0.1, 0.15) is 5.56 Å². The molecule has 1 unspecified atom stereocenters. The minimum Gasteiger partial charge on any atom is -0.398 e. The molecule has 1 aromatic carbocycles. The zero-order valence-corrected chi connectivity index (χ0v) is 10.2. The Hall–Kier alpha value is -1.17. The lowest BCUT2D eigenvalue weighted by Crippen LogP contribution is -2.32. The first kappa shape index (κ1) is 13.9. The van der Waals surface area contributed by atoms with Gasteiger partial charge in [-0.3, -0.25) is 4.90 Å². The molecule has 0 amide bonds. The Kier molecular flexibility index (Phi) is 5.34. The van der Waals surface area contributed by atoms with Gasteiger partial charge in [0.2, 0.25) is 0 Å². The Morgan fingerprint density at radius 3 is 2.82 bits per heavy atom. The number of methoxy groups -OCH3 is 1. The summed E-state index contributed by atoms with van der Waals surface area (Å²) >= 11 is 0. The van der Waals surface area contributed by atoms with Gasteiger partial charge in [-0.2, -0.15) is 0 Å². The summed E-state index contributed by atoms with van der Waals surface area (Å²) < 4.78 is 18.3. The van der Waals surface area contributed by atoms with Gasteiger partial charge in [-0.15, -0.1) is 0 Å². The van der Waals surface area contributed by atoms with E-state index in [9.17, 15) is 9.50 Å². The van der Waals surface area contributed by atoms with E-state index in [1.807, 2.05) is 0 Å². The summed E-state index contributed by atoms with van der Waals surface area (Å²) in [6, 6.07) is 4.62. The van der Waals surface area contributed by atoms with E-state index in [-0.39, 0.29) is 12.4 Å². The predicted molar refractivity (Wildman–Crippen MR) is 65.0 cm³/mol. The van der Waals surface area contributed by atoms with Crippen molar-refractivity contribution in [2.24, 2.45) is 0 Å². The number of rotatable bonds is 6. The van der Waals surface area contributed by atoms with Crippen molar-refractivity contribution in [3.05, 3.63) is 29.6 Å². The number of likely N-dealkylation sites (N-methyl/N-ethyl adjacent to an activating group) is 1. The van der Waals surface area contributed by atoms with E-state index in [1.165, 1.54) is 13.2 Å². The van der Waals surface area contributed by atoms with Gasteiger partial charge in [0.15, 0.2) is 0 Å². The summed E-state index contributed by atoms with van der Waals surface area (Å²) in [5, 5.41) is 9.54. The van der Waals surface area contributed by atoms with Crippen LogP contribution in [0.2, 0.25) is 0 Å². The Labute approximate surface area is 101 Å². The highest BCUT2D eigenvalue weighted by Crippen LogP contribution is 2.17. The lowest BCUT2D eigenvalue weighted by Gasteiger charge is -2.21. The molecule has 17 heavy (non-hydrogen) atoms. The fraction of sp³-hybridized carbons (Fsp3) is 0.500. The lowest BCUT2D eigenvalue weighted by molar-refractivity contribution is 0.0417. The second-order valence-corrected chi connectivity index (χ2v) is 4.11. The second kappa shape index (κ2) is 6.54. The number of aliphatic hydroxyl groups excluding tert-OH is 1. The van der Waals surface area contributed by atoms with Crippen molar-refractivity contribution < 1.29 is 14.2 Å². The fourth-order valence-electron chi connectivity index (χ4n) is 1.68. The van der Waals surface area contributed by atoms with Crippen LogP contribution in [-0.4, -0.2) is 43.4 Å². The predicted octanol–water partition coefficient (Wildman–Crippen LogP) is 0.847. The SMILES string of the molecule is COCC(O)CN(C)Cc1c(N)cccc1F. The maximum Gasteiger partial charge on any atom is 0.129 e. The van der Waals surface area contributed by atoms with Gasteiger partial charge in [-0.1, -0.05) is 6.07 Å². The molecule has 0 saturated carbocycles. The highest BCUT2D eigenvalue weighted by atomic mass is 19.1. The Balaban J connectivity index is 2.59. The normalized spacial score (nSPS) is 13.0. The number of anilines is 1. The molecule has 4 nitrogen and oxygen atoms in total. The average molecular weight is 242 g/mol. The summed E-state index contributed by atoms with van der Waals surface area (Å²) in [7, 11) is 3.32. The van der Waals surface area contributed by atoms with E-state index in [2.05, 4.69) is 0 Å². The van der Waals surface area contributed by atoms with Crippen LogP contribution in [-0.2, 0) is 11.3 Å². The minimum atomic E-state index is -0.585. The molecule has 0 spiro atoms. The molecule has 0 radical (unpaired) electrons. The first-order valence-electron chi connectivity index (χ1n) is 5.43. The third-order valence-electron chi connectivity index (χ3n) is 2.46. The number of hydrogen-bond acceptors (Lipinski definition) is 4. The number of benzene rings is 1. The van der Waals surface area contributed by atoms with Crippen LogP contribution in [0.3, 0.4) is 0 Å². The van der Waals surface area contributed by atoms with Crippen LogP contribution in [0.4, 0.5) is 10.1 Å². The van der Waals surface area contributed by atoms with Crippen LogP contribution in [0.15, 0.2) is 18.2 Å². The number of nitrogens with two attached hydrogens (primary N) is 1. The van der Waals surface area contributed by atoms with Gasteiger partial charge in [-0.05, 0) is 19.2 Å². The van der Waals surface area contributed by atoms with Gasteiger partial charge >= 0.3 is 0 Å². The summed E-state index contributed by atoms with van der Waals surface area (Å²) in [4.78, 5) is 1.80. The van der Waals surface area contributed by atoms with Gasteiger partial charge in [0.05, 0.1) is 12.7 Å². The molecular formula is C12H19FN2O2. The lowest BCUT2D eigenvalue weighted by atomic mass is 10.1. The zero-order valence-electron chi connectivity index (χ0n) is 10.2. The van der Waals surface area contributed by atoms with Crippen molar-refractivity contribution in [3.63, 3.8) is 0 Å². The van der Waals surface area contributed by atoms with Gasteiger partial charge < -0.3 is 15.6 Å². The number of halogens is 1. The zero-order chi connectivity index (χ0) is 12.8. The number of nitrogen functional groups attached to an aromatic ring is 1. The van der Waals surface area contributed by atoms with Crippen molar-refractivity contribution in [1.82, 2.24) is 4.90 Å². The molecule has 3 N–H and O–H groups in total. The standard InChI is InChI=1S/C12H19FN2O2/c1-15(6-9(16)8-17-2)7-10-11(13)4-3-5-12(10)14/h3-5,9,16H,6-8,14H2,1-2H3. The average Bonchev–Trinajstić information content (AvgIpc) is 2.24. The first-order chi connectivity index (χ1) is 8.04. The Bertz CT molecular complexity index is 340. The third kappa shape index (κ3) is 4.30. The first-order valence-corrected chi connectivity index (χ1v) is 5.43. The molecule has 0 saturated heterocycles. The van der Waals surface area contributed by atoms with Gasteiger partial charge in [0, 0.05) is 31.5 Å². The van der Waals surface area contributed by atoms with Crippen molar-refractivity contribution in [2.75, 3.05) is 33.0 Å². The molecule has 1 rings (SSSR count). The van der Waals surface area contributed by atoms with E-state index in [0.29, 0.717) is 24.3 Å². The largest absolute Gasteiger partial charge is 0.398 e. The summed E-state index contributed by atoms with van der Waals surface area (Å²) in [5.74, 6) is -0.321. The molecule has 0 aliphatic carbocycles. The van der Waals surface area contributed by atoms with Gasteiger partial charge in [0.1, 0.15) is 5.82 Å². The molecule has 0 heterocycles. The molecular weight excluding hydrogens is 223 g/mol. The summed E-state index contributed by atoms with van der Waals surface area (Å²) in [6.07, 6.45) is -0.585. The molecule has 0 fully saturated rings. The van der Waals surface area contributed by atoms with Gasteiger partial charge in [-0.25, -0.2) is 4.39 Å². The van der Waals surface area contributed by atoms with Crippen LogP contribution < -0.4 is 5.73 Å². The van der Waals surface area contributed by atoms with Crippen LogP contribution in [0.25, 0.3) is 0 Å². The maximum absolute atomic E-state index is 13.5. The fourth-order valence-corrected chi connectivity index (χ4v) is 1.68. The number of ether oxygens (including phenoxy) is 1. The third-order valence-corrected chi connectivity index (χ3v) is 2.46. The number of aliphatic hydroxyl groups is 1. The van der Waals surface area contributed by atoms with Crippen LogP contribution in [0, 0.1) is 5.82 Å².